The zero-order chi connectivity index (χ0) is 28.3. The molecule has 1 saturated heterocycles. The van der Waals surface area contributed by atoms with E-state index in [1.807, 2.05) is 0 Å². The summed E-state index contributed by atoms with van der Waals surface area (Å²) < 4.78 is 0. The van der Waals surface area contributed by atoms with Crippen molar-refractivity contribution >= 4 is 0 Å². The molecule has 0 saturated carbocycles. The Morgan fingerprint density at radius 1 is 0.487 bits per heavy atom. The van der Waals surface area contributed by atoms with Gasteiger partial charge in [0.25, 0.3) is 0 Å². The molecular formula is C37H68N2. The summed E-state index contributed by atoms with van der Waals surface area (Å²) >= 11 is 0. The van der Waals surface area contributed by atoms with E-state index in [1.165, 1.54) is 154 Å². The van der Waals surface area contributed by atoms with Crippen LogP contribution >= 0.6 is 0 Å². The largest absolute Gasteiger partial charge is 0.248 e. The van der Waals surface area contributed by atoms with Crippen LogP contribution in [-0.2, 0) is 0 Å². The van der Waals surface area contributed by atoms with Crippen LogP contribution < -0.4 is 0 Å². The van der Waals surface area contributed by atoms with Gasteiger partial charge < -0.3 is 0 Å². The SMILES string of the molecule is CCCC/C=C/C=C/CCCCCCCCC1(CCCCCCC/C=C/C=C/CCCCC)CN(N(C)C)C1. The fourth-order valence-corrected chi connectivity index (χ4v) is 5.75. The molecule has 2 heteroatoms. The molecule has 0 atom stereocenters. The first-order valence-electron chi connectivity index (χ1n) is 17.2. The summed E-state index contributed by atoms with van der Waals surface area (Å²) in [5.74, 6) is 0. The average Bonchev–Trinajstić information content (AvgIpc) is 2.90. The van der Waals surface area contributed by atoms with Gasteiger partial charge in [-0.15, -0.1) is 0 Å². The van der Waals surface area contributed by atoms with Crippen molar-refractivity contribution in [2.24, 2.45) is 5.41 Å². The zero-order valence-electron chi connectivity index (χ0n) is 27.0. The summed E-state index contributed by atoms with van der Waals surface area (Å²) in [6.45, 7) is 7.10. The van der Waals surface area contributed by atoms with Gasteiger partial charge in [-0.25, -0.2) is 10.0 Å². The van der Waals surface area contributed by atoms with Crippen molar-refractivity contribution in [3.8, 4) is 0 Å². The van der Waals surface area contributed by atoms with E-state index in [0.717, 1.165) is 0 Å². The van der Waals surface area contributed by atoms with Gasteiger partial charge in [-0.1, -0.05) is 146 Å². The predicted molar refractivity (Wildman–Crippen MR) is 177 cm³/mol. The Morgan fingerprint density at radius 3 is 1.26 bits per heavy atom. The summed E-state index contributed by atoms with van der Waals surface area (Å²) in [6, 6.07) is 0. The van der Waals surface area contributed by atoms with Gasteiger partial charge in [0.15, 0.2) is 0 Å². The van der Waals surface area contributed by atoms with E-state index in [4.69, 9.17) is 0 Å². The van der Waals surface area contributed by atoms with Crippen LogP contribution in [0.1, 0.15) is 155 Å². The Balaban J connectivity index is 2.07. The van der Waals surface area contributed by atoms with Crippen LogP contribution in [0.3, 0.4) is 0 Å². The lowest BCUT2D eigenvalue weighted by Gasteiger charge is -2.53. The van der Waals surface area contributed by atoms with Crippen LogP contribution in [-0.4, -0.2) is 37.2 Å². The second kappa shape index (κ2) is 25.8. The standard InChI is InChI=1S/C37H68N2/c1-5-7-9-11-13-15-17-19-21-23-25-27-29-31-33-37(35-39(36-37)38(3)4)34-32-30-28-26-24-22-20-18-16-14-12-10-8-6-2/h11,13-18,20H,5-10,12,19,21-36H2,1-4H3/b13-11+,16-14+,17-15+,20-18+. The lowest BCUT2D eigenvalue weighted by atomic mass is 9.72. The molecule has 0 amide bonds. The molecule has 0 bridgehead atoms. The molecule has 0 aromatic rings. The molecule has 0 aliphatic carbocycles. The highest BCUT2D eigenvalue weighted by molar-refractivity contribution is 5.02. The van der Waals surface area contributed by atoms with Crippen molar-refractivity contribution in [1.29, 1.82) is 0 Å². The van der Waals surface area contributed by atoms with Gasteiger partial charge in [0.05, 0.1) is 0 Å². The quantitative estimate of drug-likeness (QED) is 0.0755. The number of unbranched alkanes of at least 4 members (excludes halogenated alkanes) is 16. The van der Waals surface area contributed by atoms with E-state index in [1.54, 1.807) is 0 Å². The van der Waals surface area contributed by atoms with Gasteiger partial charge in [-0.3, -0.25) is 0 Å². The third-order valence-corrected chi connectivity index (χ3v) is 8.47. The number of nitrogens with zero attached hydrogens (tertiary/aromatic N) is 2. The highest BCUT2D eigenvalue weighted by atomic mass is 15.6. The molecule has 0 aromatic carbocycles. The molecule has 0 unspecified atom stereocenters. The van der Waals surface area contributed by atoms with Gasteiger partial charge in [0, 0.05) is 27.2 Å². The maximum absolute atomic E-state index is 2.54. The maximum atomic E-state index is 2.54. The van der Waals surface area contributed by atoms with E-state index in [2.05, 4.69) is 86.6 Å². The zero-order valence-corrected chi connectivity index (χ0v) is 27.0. The van der Waals surface area contributed by atoms with Crippen molar-refractivity contribution in [2.45, 2.75) is 155 Å². The van der Waals surface area contributed by atoms with Crippen molar-refractivity contribution in [1.82, 2.24) is 10.0 Å². The highest BCUT2D eigenvalue weighted by Gasteiger charge is 2.42. The van der Waals surface area contributed by atoms with E-state index in [-0.39, 0.29) is 0 Å². The Kier molecular flexibility index (Phi) is 23.8. The minimum atomic E-state index is 0.603. The molecule has 1 fully saturated rings. The normalized spacial score (nSPS) is 16.1. The van der Waals surface area contributed by atoms with Crippen LogP contribution in [0.15, 0.2) is 48.6 Å². The van der Waals surface area contributed by atoms with Gasteiger partial charge in [-0.05, 0) is 63.2 Å². The molecule has 1 aliphatic heterocycles. The molecule has 0 spiro atoms. The monoisotopic (exact) mass is 541 g/mol. The van der Waals surface area contributed by atoms with E-state index >= 15 is 0 Å². The number of allylic oxidation sites excluding steroid dienone is 8. The molecular weight excluding hydrogens is 472 g/mol. The van der Waals surface area contributed by atoms with E-state index in [9.17, 15) is 0 Å². The van der Waals surface area contributed by atoms with E-state index < -0.39 is 0 Å². The Hall–Kier alpha value is -1.12. The van der Waals surface area contributed by atoms with E-state index in [0.29, 0.717) is 5.41 Å². The summed E-state index contributed by atoms with van der Waals surface area (Å²) in [6.07, 6.45) is 48.3. The van der Waals surface area contributed by atoms with Crippen molar-refractivity contribution in [3.05, 3.63) is 48.6 Å². The highest BCUT2D eigenvalue weighted by Crippen LogP contribution is 2.41. The lowest BCUT2D eigenvalue weighted by molar-refractivity contribution is -0.134. The smallest absolute Gasteiger partial charge is 0.0202 e. The lowest BCUT2D eigenvalue weighted by Crippen LogP contribution is -2.60. The molecule has 2 nitrogen and oxygen atoms in total. The molecule has 1 aliphatic rings. The third-order valence-electron chi connectivity index (χ3n) is 8.47. The minimum absolute atomic E-state index is 0.603. The summed E-state index contributed by atoms with van der Waals surface area (Å²) in [7, 11) is 4.41. The maximum Gasteiger partial charge on any atom is 0.0202 e. The van der Waals surface area contributed by atoms with Crippen LogP contribution in [0.4, 0.5) is 0 Å². The van der Waals surface area contributed by atoms with Gasteiger partial charge in [0.2, 0.25) is 0 Å². The molecule has 226 valence electrons. The Bertz CT molecular complexity index is 636. The van der Waals surface area contributed by atoms with Crippen molar-refractivity contribution < 1.29 is 0 Å². The molecule has 1 rings (SSSR count). The predicted octanol–water partition coefficient (Wildman–Crippen LogP) is 11.6. The Morgan fingerprint density at radius 2 is 0.846 bits per heavy atom. The fourth-order valence-electron chi connectivity index (χ4n) is 5.75. The number of hydrazine groups is 1. The summed E-state index contributed by atoms with van der Waals surface area (Å²) in [5.41, 5.74) is 0.603. The van der Waals surface area contributed by atoms with Gasteiger partial charge >= 0.3 is 0 Å². The summed E-state index contributed by atoms with van der Waals surface area (Å²) in [5, 5.41) is 4.85. The molecule has 0 N–H and O–H groups in total. The second-order valence-electron chi connectivity index (χ2n) is 12.5. The molecule has 0 aromatic heterocycles. The van der Waals surface area contributed by atoms with Crippen LogP contribution in [0.5, 0.6) is 0 Å². The van der Waals surface area contributed by atoms with Crippen LogP contribution in [0, 0.1) is 5.41 Å². The molecule has 1 heterocycles. The molecule has 39 heavy (non-hydrogen) atoms. The van der Waals surface area contributed by atoms with Crippen molar-refractivity contribution in [2.75, 3.05) is 27.2 Å². The number of hydrogen-bond donors (Lipinski definition) is 0. The van der Waals surface area contributed by atoms with Crippen LogP contribution in [0.2, 0.25) is 0 Å². The van der Waals surface area contributed by atoms with Crippen molar-refractivity contribution in [3.63, 3.8) is 0 Å². The Labute approximate surface area is 246 Å². The second-order valence-corrected chi connectivity index (χ2v) is 12.5. The third kappa shape index (κ3) is 20.4. The fraction of sp³-hybridized carbons (Fsp3) is 0.784. The minimum Gasteiger partial charge on any atom is -0.248 e. The number of rotatable bonds is 27. The first-order chi connectivity index (χ1) is 19.1. The molecule has 0 radical (unpaired) electrons. The number of hydrogen-bond acceptors (Lipinski definition) is 2. The van der Waals surface area contributed by atoms with Gasteiger partial charge in [0.1, 0.15) is 0 Å². The first kappa shape index (κ1) is 35.9. The van der Waals surface area contributed by atoms with Crippen LogP contribution in [0.25, 0.3) is 0 Å². The first-order valence-corrected chi connectivity index (χ1v) is 17.2. The summed E-state index contributed by atoms with van der Waals surface area (Å²) in [4.78, 5) is 0. The van der Waals surface area contributed by atoms with Gasteiger partial charge in [-0.2, -0.15) is 0 Å². The average molecular weight is 541 g/mol. The topological polar surface area (TPSA) is 6.48 Å².